The molecular formula is C23H39N5O4S. The SMILES string of the molecule is CCN1CCN(C[C@H](C)CNc2ccc(S(=O)(=O)N3C[C@@H](C)C[C@H](C)C3)cc2[N+](=O)[O-])CC1. The number of nitro groups is 1. The molecule has 1 aromatic rings. The van der Waals surface area contributed by atoms with Crippen LogP contribution < -0.4 is 5.32 Å². The minimum Gasteiger partial charge on any atom is -0.379 e. The van der Waals surface area contributed by atoms with Gasteiger partial charge in [-0.1, -0.05) is 27.7 Å². The lowest BCUT2D eigenvalue weighted by atomic mass is 9.94. The molecule has 2 aliphatic rings. The first-order valence-corrected chi connectivity index (χ1v) is 13.5. The Labute approximate surface area is 198 Å². The number of nitrogens with one attached hydrogen (secondary N) is 1. The van der Waals surface area contributed by atoms with Gasteiger partial charge in [0.1, 0.15) is 5.69 Å². The summed E-state index contributed by atoms with van der Waals surface area (Å²) < 4.78 is 27.8. The number of rotatable bonds is 9. The highest BCUT2D eigenvalue weighted by molar-refractivity contribution is 7.89. The number of hydrogen-bond acceptors (Lipinski definition) is 7. The quantitative estimate of drug-likeness (QED) is 0.428. The molecule has 0 aromatic heterocycles. The minimum atomic E-state index is -3.77. The summed E-state index contributed by atoms with van der Waals surface area (Å²) in [6.45, 7) is 16.1. The maximum Gasteiger partial charge on any atom is 0.293 e. The zero-order valence-corrected chi connectivity index (χ0v) is 21.2. The van der Waals surface area contributed by atoms with Crippen molar-refractivity contribution in [1.82, 2.24) is 14.1 Å². The smallest absolute Gasteiger partial charge is 0.293 e. The Morgan fingerprint density at radius 2 is 1.73 bits per heavy atom. The molecule has 0 saturated carbocycles. The summed E-state index contributed by atoms with van der Waals surface area (Å²) in [5, 5.41) is 14.9. The van der Waals surface area contributed by atoms with Crippen molar-refractivity contribution in [3.63, 3.8) is 0 Å². The zero-order valence-electron chi connectivity index (χ0n) is 20.4. The van der Waals surface area contributed by atoms with Gasteiger partial charge >= 0.3 is 0 Å². The van der Waals surface area contributed by atoms with Crippen molar-refractivity contribution in [2.45, 2.75) is 39.0 Å². The molecule has 1 N–H and O–H groups in total. The summed E-state index contributed by atoms with van der Waals surface area (Å²) in [6.07, 6.45) is 0.988. The van der Waals surface area contributed by atoms with Crippen molar-refractivity contribution in [2.75, 3.05) is 64.2 Å². The highest BCUT2D eigenvalue weighted by atomic mass is 32.2. The number of sulfonamides is 1. The van der Waals surface area contributed by atoms with E-state index in [9.17, 15) is 18.5 Å². The molecule has 1 aromatic carbocycles. The lowest BCUT2D eigenvalue weighted by molar-refractivity contribution is -0.384. The fraction of sp³-hybridized carbons (Fsp3) is 0.739. The standard InChI is InChI=1S/C23H39N5O4S/c1-5-25-8-10-26(11-9-25)15-20(4)14-24-22-7-6-21(13-23(22)28(29)30)33(31,32)27-16-18(2)12-19(3)17-27/h6-7,13,18-20,24H,5,8-12,14-17H2,1-4H3/t18-,19-,20+/m0/s1. The Morgan fingerprint density at radius 3 is 2.30 bits per heavy atom. The zero-order chi connectivity index (χ0) is 24.2. The third-order valence-corrected chi connectivity index (χ3v) is 8.59. The van der Waals surface area contributed by atoms with Crippen LogP contribution in [0.3, 0.4) is 0 Å². The molecule has 186 valence electrons. The summed E-state index contributed by atoms with van der Waals surface area (Å²) in [6, 6.07) is 4.23. The average Bonchev–Trinajstić information content (AvgIpc) is 2.77. The molecule has 0 bridgehead atoms. The van der Waals surface area contributed by atoms with Crippen molar-refractivity contribution in [3.8, 4) is 0 Å². The molecular weight excluding hydrogens is 442 g/mol. The maximum atomic E-state index is 13.2. The van der Waals surface area contributed by atoms with Gasteiger partial charge in [0.15, 0.2) is 0 Å². The van der Waals surface area contributed by atoms with Gasteiger partial charge in [-0.3, -0.25) is 10.1 Å². The molecule has 0 unspecified atom stereocenters. The van der Waals surface area contributed by atoms with Crippen LogP contribution in [-0.2, 0) is 10.0 Å². The summed E-state index contributed by atoms with van der Waals surface area (Å²) in [5.74, 6) is 0.842. The van der Waals surface area contributed by atoms with Crippen LogP contribution in [0, 0.1) is 27.9 Å². The molecule has 0 spiro atoms. The van der Waals surface area contributed by atoms with Gasteiger partial charge in [-0.05, 0) is 42.9 Å². The van der Waals surface area contributed by atoms with E-state index in [1.165, 1.54) is 22.5 Å². The largest absolute Gasteiger partial charge is 0.379 e. The number of likely N-dealkylation sites (N-methyl/N-ethyl adjacent to an activating group) is 1. The Hall–Kier alpha value is -1.75. The molecule has 0 radical (unpaired) electrons. The van der Waals surface area contributed by atoms with Crippen molar-refractivity contribution >= 4 is 21.4 Å². The van der Waals surface area contributed by atoms with E-state index in [0.29, 0.717) is 31.2 Å². The van der Waals surface area contributed by atoms with E-state index in [-0.39, 0.29) is 22.4 Å². The first kappa shape index (κ1) is 25.9. The van der Waals surface area contributed by atoms with E-state index < -0.39 is 14.9 Å². The predicted octanol–water partition coefficient (Wildman–Crippen LogP) is 2.95. The van der Waals surface area contributed by atoms with Crippen LogP contribution in [0.25, 0.3) is 0 Å². The first-order chi connectivity index (χ1) is 15.6. The third kappa shape index (κ3) is 6.65. The molecule has 10 heteroatoms. The predicted molar refractivity (Wildman–Crippen MR) is 131 cm³/mol. The van der Waals surface area contributed by atoms with Crippen LogP contribution in [0.15, 0.2) is 23.1 Å². The highest BCUT2D eigenvalue weighted by Gasteiger charge is 2.33. The van der Waals surface area contributed by atoms with Gasteiger partial charge in [-0.2, -0.15) is 4.31 Å². The fourth-order valence-electron chi connectivity index (χ4n) is 5.00. The summed E-state index contributed by atoms with van der Waals surface area (Å²) in [5.41, 5.74) is 0.167. The number of piperidine rings is 1. The number of piperazine rings is 1. The molecule has 2 saturated heterocycles. The van der Waals surface area contributed by atoms with Crippen LogP contribution in [0.4, 0.5) is 11.4 Å². The molecule has 3 rings (SSSR count). The lowest BCUT2D eigenvalue weighted by Crippen LogP contribution is -2.47. The van der Waals surface area contributed by atoms with Crippen LogP contribution in [0.2, 0.25) is 0 Å². The van der Waals surface area contributed by atoms with E-state index in [2.05, 4.69) is 29.0 Å². The number of anilines is 1. The number of hydrogen-bond donors (Lipinski definition) is 1. The van der Waals surface area contributed by atoms with E-state index in [1.807, 2.05) is 13.8 Å². The molecule has 33 heavy (non-hydrogen) atoms. The van der Waals surface area contributed by atoms with Crippen LogP contribution in [0.1, 0.15) is 34.1 Å². The molecule has 0 aliphatic carbocycles. The summed E-state index contributed by atoms with van der Waals surface area (Å²) >= 11 is 0. The molecule has 0 amide bonds. The van der Waals surface area contributed by atoms with Crippen molar-refractivity contribution in [2.24, 2.45) is 17.8 Å². The normalized spacial score (nSPS) is 24.5. The van der Waals surface area contributed by atoms with Gasteiger partial charge in [-0.15, -0.1) is 0 Å². The molecule has 3 atom stereocenters. The maximum absolute atomic E-state index is 13.2. The molecule has 2 fully saturated rings. The first-order valence-electron chi connectivity index (χ1n) is 12.1. The van der Waals surface area contributed by atoms with Crippen molar-refractivity contribution in [1.29, 1.82) is 0 Å². The molecule has 2 aliphatic heterocycles. The minimum absolute atomic E-state index is 0.0112. The van der Waals surface area contributed by atoms with Gasteiger partial charge < -0.3 is 15.1 Å². The lowest BCUT2D eigenvalue weighted by Gasteiger charge is -2.35. The fourth-order valence-corrected chi connectivity index (χ4v) is 6.70. The number of benzene rings is 1. The summed E-state index contributed by atoms with van der Waals surface area (Å²) in [4.78, 5) is 16.1. The Morgan fingerprint density at radius 1 is 1.12 bits per heavy atom. The van der Waals surface area contributed by atoms with Gasteiger partial charge in [0.05, 0.1) is 9.82 Å². The molecule has 9 nitrogen and oxygen atoms in total. The summed E-state index contributed by atoms with van der Waals surface area (Å²) in [7, 11) is -3.77. The second-order valence-corrected chi connectivity index (χ2v) is 11.9. The topological polar surface area (TPSA) is 99.0 Å². The average molecular weight is 482 g/mol. The van der Waals surface area contributed by atoms with Gasteiger partial charge in [0, 0.05) is 58.4 Å². The third-order valence-electron chi connectivity index (χ3n) is 6.76. The number of nitro benzene ring substituents is 1. The van der Waals surface area contributed by atoms with Crippen LogP contribution in [0.5, 0.6) is 0 Å². The molecule has 2 heterocycles. The van der Waals surface area contributed by atoms with Crippen LogP contribution >= 0.6 is 0 Å². The van der Waals surface area contributed by atoms with Crippen LogP contribution in [-0.4, -0.2) is 86.3 Å². The van der Waals surface area contributed by atoms with Crippen molar-refractivity contribution < 1.29 is 13.3 Å². The second-order valence-electron chi connectivity index (χ2n) is 9.93. The van der Waals surface area contributed by atoms with Gasteiger partial charge in [-0.25, -0.2) is 8.42 Å². The van der Waals surface area contributed by atoms with E-state index >= 15 is 0 Å². The number of nitrogens with zero attached hydrogens (tertiary/aromatic N) is 4. The monoisotopic (exact) mass is 481 g/mol. The van der Waals surface area contributed by atoms with Crippen molar-refractivity contribution in [3.05, 3.63) is 28.3 Å². The highest BCUT2D eigenvalue weighted by Crippen LogP contribution is 2.31. The second kappa shape index (κ2) is 11.1. The van der Waals surface area contributed by atoms with E-state index in [4.69, 9.17) is 0 Å². The van der Waals surface area contributed by atoms with Gasteiger partial charge in [0.2, 0.25) is 10.0 Å². The van der Waals surface area contributed by atoms with E-state index in [0.717, 1.165) is 45.7 Å². The Bertz CT molecular complexity index is 907. The van der Waals surface area contributed by atoms with Gasteiger partial charge in [0.25, 0.3) is 5.69 Å². The van der Waals surface area contributed by atoms with E-state index in [1.54, 1.807) is 0 Å². The Kier molecular flexibility index (Phi) is 8.71. The Balaban J connectivity index is 1.66.